The van der Waals surface area contributed by atoms with Crippen LogP contribution < -0.4 is 5.32 Å². The number of nitrogens with one attached hydrogen (secondary N) is 1. The summed E-state index contributed by atoms with van der Waals surface area (Å²) in [6, 6.07) is 5.74. The van der Waals surface area contributed by atoms with Gasteiger partial charge < -0.3 is 9.73 Å². The summed E-state index contributed by atoms with van der Waals surface area (Å²) in [5, 5.41) is 3.45. The molecule has 0 atom stereocenters. The lowest BCUT2D eigenvalue weighted by atomic mass is 9.96. The van der Waals surface area contributed by atoms with Gasteiger partial charge in [-0.2, -0.15) is 0 Å². The van der Waals surface area contributed by atoms with Crippen molar-refractivity contribution in [2.45, 2.75) is 5.67 Å². The lowest BCUT2D eigenvalue weighted by molar-refractivity contribution is 0.0647. The molecule has 2 aromatic rings. The van der Waals surface area contributed by atoms with E-state index in [0.717, 1.165) is 0 Å². The number of fused-ring (bicyclic) bond motifs is 1. The van der Waals surface area contributed by atoms with Crippen LogP contribution in [-0.4, -0.2) is 13.1 Å². The minimum Gasteiger partial charge on any atom is -0.458 e. The topological polar surface area (TPSA) is 25.2 Å². The molecule has 78 valence electrons. The van der Waals surface area contributed by atoms with E-state index in [1.807, 2.05) is 0 Å². The van der Waals surface area contributed by atoms with Crippen LogP contribution in [0.1, 0.15) is 5.76 Å². The Hall–Kier alpha value is -1.42. The van der Waals surface area contributed by atoms with E-state index in [4.69, 9.17) is 4.42 Å². The highest BCUT2D eigenvalue weighted by Gasteiger charge is 2.42. The summed E-state index contributed by atoms with van der Waals surface area (Å²) in [5.41, 5.74) is -0.898. The lowest BCUT2D eigenvalue weighted by Crippen LogP contribution is -2.53. The maximum absolute atomic E-state index is 13.9. The first kappa shape index (κ1) is 8.85. The molecule has 1 fully saturated rings. The first-order valence-electron chi connectivity index (χ1n) is 4.77. The van der Waals surface area contributed by atoms with Crippen LogP contribution in [0.15, 0.2) is 28.7 Å². The number of hydrogen-bond acceptors (Lipinski definition) is 2. The predicted octanol–water partition coefficient (Wildman–Crippen LogP) is 2.34. The van der Waals surface area contributed by atoms with E-state index in [9.17, 15) is 8.78 Å². The van der Waals surface area contributed by atoms with Crippen LogP contribution in [0.3, 0.4) is 0 Å². The SMILES string of the molecule is Fc1ccc2oc(C3(F)CNC3)cc2c1. The Morgan fingerprint density at radius 2 is 2.07 bits per heavy atom. The average molecular weight is 209 g/mol. The second kappa shape index (κ2) is 2.79. The van der Waals surface area contributed by atoms with Crippen molar-refractivity contribution in [2.24, 2.45) is 0 Å². The van der Waals surface area contributed by atoms with E-state index in [1.54, 1.807) is 6.07 Å². The largest absolute Gasteiger partial charge is 0.458 e. The van der Waals surface area contributed by atoms with Gasteiger partial charge in [0.15, 0.2) is 5.67 Å². The maximum Gasteiger partial charge on any atom is 0.192 e. The molecule has 1 N–H and O–H groups in total. The van der Waals surface area contributed by atoms with E-state index in [0.29, 0.717) is 11.0 Å². The van der Waals surface area contributed by atoms with Gasteiger partial charge in [0.1, 0.15) is 17.2 Å². The fraction of sp³-hybridized carbons (Fsp3) is 0.273. The van der Waals surface area contributed by atoms with Crippen LogP contribution in [0.4, 0.5) is 8.78 Å². The first-order chi connectivity index (χ1) is 7.17. The zero-order chi connectivity index (χ0) is 10.5. The fourth-order valence-corrected chi connectivity index (χ4v) is 1.75. The smallest absolute Gasteiger partial charge is 0.192 e. The molecule has 1 aliphatic heterocycles. The van der Waals surface area contributed by atoms with Crippen LogP contribution in [-0.2, 0) is 5.67 Å². The Morgan fingerprint density at radius 1 is 1.27 bits per heavy atom. The Kier molecular flexibility index (Phi) is 1.65. The minimum absolute atomic E-state index is 0.259. The molecule has 1 aromatic heterocycles. The highest BCUT2D eigenvalue weighted by atomic mass is 19.1. The van der Waals surface area contributed by atoms with Gasteiger partial charge in [0.25, 0.3) is 0 Å². The summed E-state index contributed by atoms with van der Waals surface area (Å²) >= 11 is 0. The molecule has 0 amide bonds. The normalized spacial score (nSPS) is 19.1. The second-order valence-corrected chi connectivity index (χ2v) is 3.86. The van der Waals surface area contributed by atoms with Gasteiger partial charge in [0.2, 0.25) is 0 Å². The molecule has 0 unspecified atom stereocenters. The zero-order valence-corrected chi connectivity index (χ0v) is 7.89. The van der Waals surface area contributed by atoms with Gasteiger partial charge in [-0.3, -0.25) is 0 Å². The predicted molar refractivity (Wildman–Crippen MR) is 51.8 cm³/mol. The summed E-state index contributed by atoms with van der Waals surface area (Å²) in [5.74, 6) is -0.0589. The summed E-state index contributed by atoms with van der Waals surface area (Å²) < 4.78 is 32.2. The molecule has 1 saturated heterocycles. The molecular weight excluding hydrogens is 200 g/mol. The minimum atomic E-state index is -1.42. The highest BCUT2D eigenvalue weighted by Crippen LogP contribution is 2.34. The average Bonchev–Trinajstić information content (AvgIpc) is 2.57. The van der Waals surface area contributed by atoms with Crippen molar-refractivity contribution in [1.29, 1.82) is 0 Å². The monoisotopic (exact) mass is 209 g/mol. The fourth-order valence-electron chi connectivity index (χ4n) is 1.75. The molecule has 2 nitrogen and oxygen atoms in total. The zero-order valence-electron chi connectivity index (χ0n) is 7.89. The van der Waals surface area contributed by atoms with Gasteiger partial charge in [-0.1, -0.05) is 0 Å². The Balaban J connectivity index is 2.14. The van der Waals surface area contributed by atoms with Crippen molar-refractivity contribution in [3.05, 3.63) is 35.8 Å². The molecule has 1 aliphatic rings. The van der Waals surface area contributed by atoms with E-state index < -0.39 is 5.67 Å². The molecule has 0 spiro atoms. The quantitative estimate of drug-likeness (QED) is 0.779. The van der Waals surface area contributed by atoms with Crippen molar-refractivity contribution in [3.63, 3.8) is 0 Å². The third kappa shape index (κ3) is 1.25. The number of alkyl halides is 1. The molecule has 4 heteroatoms. The van der Waals surface area contributed by atoms with Crippen molar-refractivity contribution in [3.8, 4) is 0 Å². The molecule has 0 aliphatic carbocycles. The summed E-state index contributed by atoms with van der Waals surface area (Å²) in [7, 11) is 0. The van der Waals surface area contributed by atoms with Crippen molar-refractivity contribution < 1.29 is 13.2 Å². The molecule has 2 heterocycles. The second-order valence-electron chi connectivity index (χ2n) is 3.86. The number of furan rings is 1. The molecular formula is C11H9F2NO. The lowest BCUT2D eigenvalue weighted by Gasteiger charge is -2.32. The van der Waals surface area contributed by atoms with Gasteiger partial charge in [0, 0.05) is 18.5 Å². The Bertz CT molecular complexity index is 516. The first-order valence-corrected chi connectivity index (χ1v) is 4.77. The standard InChI is InChI=1S/C11H9F2NO/c12-8-1-2-9-7(3-8)4-10(15-9)11(13)5-14-6-11/h1-4,14H,5-6H2. The molecule has 0 radical (unpaired) electrons. The van der Waals surface area contributed by atoms with Gasteiger partial charge >= 0.3 is 0 Å². The molecule has 0 saturated carbocycles. The third-order valence-corrected chi connectivity index (χ3v) is 2.73. The van der Waals surface area contributed by atoms with E-state index in [-0.39, 0.29) is 24.7 Å². The number of rotatable bonds is 1. The van der Waals surface area contributed by atoms with Gasteiger partial charge in [-0.05, 0) is 24.3 Å². The molecule has 3 rings (SSSR count). The summed E-state index contributed by atoms with van der Waals surface area (Å²) in [6.07, 6.45) is 0. The summed E-state index contributed by atoms with van der Waals surface area (Å²) in [6.45, 7) is 0.518. The van der Waals surface area contributed by atoms with Crippen LogP contribution in [0.25, 0.3) is 11.0 Å². The van der Waals surface area contributed by atoms with Gasteiger partial charge in [-0.15, -0.1) is 0 Å². The molecule has 15 heavy (non-hydrogen) atoms. The molecule has 0 bridgehead atoms. The highest BCUT2D eigenvalue weighted by molar-refractivity contribution is 5.78. The third-order valence-electron chi connectivity index (χ3n) is 2.73. The van der Waals surface area contributed by atoms with E-state index >= 15 is 0 Å². The van der Waals surface area contributed by atoms with Crippen LogP contribution >= 0.6 is 0 Å². The van der Waals surface area contributed by atoms with Crippen molar-refractivity contribution in [2.75, 3.05) is 13.1 Å². The number of benzene rings is 1. The number of halogens is 2. The maximum atomic E-state index is 13.9. The number of hydrogen-bond donors (Lipinski definition) is 1. The van der Waals surface area contributed by atoms with Crippen LogP contribution in [0.5, 0.6) is 0 Å². The molecule has 1 aromatic carbocycles. The Morgan fingerprint density at radius 3 is 2.73 bits per heavy atom. The van der Waals surface area contributed by atoms with Crippen molar-refractivity contribution in [1.82, 2.24) is 5.32 Å². The van der Waals surface area contributed by atoms with E-state index in [2.05, 4.69) is 5.32 Å². The van der Waals surface area contributed by atoms with Gasteiger partial charge in [0.05, 0.1) is 0 Å². The van der Waals surface area contributed by atoms with Gasteiger partial charge in [-0.25, -0.2) is 8.78 Å². The summed E-state index contributed by atoms with van der Waals surface area (Å²) in [4.78, 5) is 0. The Labute approximate surface area is 84.9 Å². The van der Waals surface area contributed by atoms with Crippen LogP contribution in [0.2, 0.25) is 0 Å². The van der Waals surface area contributed by atoms with Crippen LogP contribution in [0, 0.1) is 5.82 Å². The van der Waals surface area contributed by atoms with E-state index in [1.165, 1.54) is 18.2 Å². The van der Waals surface area contributed by atoms with Crippen molar-refractivity contribution >= 4 is 11.0 Å².